The third kappa shape index (κ3) is 1.38. The van der Waals surface area contributed by atoms with Crippen molar-refractivity contribution < 1.29 is 0 Å². The summed E-state index contributed by atoms with van der Waals surface area (Å²) in [6.07, 6.45) is 6.53. The number of benzene rings is 1. The number of fused-ring (bicyclic) bond motifs is 6. The van der Waals surface area contributed by atoms with E-state index in [-0.39, 0.29) is 0 Å². The van der Waals surface area contributed by atoms with Crippen molar-refractivity contribution in [2.75, 3.05) is 0 Å². The van der Waals surface area contributed by atoms with E-state index in [0.29, 0.717) is 5.41 Å². The van der Waals surface area contributed by atoms with E-state index >= 15 is 0 Å². The molecule has 1 saturated carbocycles. The fourth-order valence-electron chi connectivity index (χ4n) is 4.34. The molecule has 5 rings (SSSR count). The highest BCUT2D eigenvalue weighted by Gasteiger charge is 2.51. The average molecular weight is 306 g/mol. The minimum absolute atomic E-state index is 0.357. The zero-order valence-electron chi connectivity index (χ0n) is 12.8. The molecule has 0 radical (unpaired) electrons. The van der Waals surface area contributed by atoms with Gasteiger partial charge in [0.1, 0.15) is 5.65 Å². The monoisotopic (exact) mass is 306 g/mol. The Balaban J connectivity index is 2.03. The van der Waals surface area contributed by atoms with Crippen LogP contribution in [0.3, 0.4) is 0 Å². The molecule has 1 aliphatic carbocycles. The average Bonchev–Trinajstić information content (AvgIpc) is 2.95. The van der Waals surface area contributed by atoms with Crippen LogP contribution in [0.1, 0.15) is 32.3 Å². The Morgan fingerprint density at radius 1 is 1.32 bits per heavy atom. The van der Waals surface area contributed by atoms with Gasteiger partial charge in [-0.05, 0) is 35.1 Å². The summed E-state index contributed by atoms with van der Waals surface area (Å²) in [5.41, 5.74) is 4.25. The van der Waals surface area contributed by atoms with Crippen LogP contribution in [0.4, 0.5) is 0 Å². The lowest BCUT2D eigenvalue weighted by molar-refractivity contribution is 0.612. The van der Waals surface area contributed by atoms with Crippen LogP contribution in [0, 0.1) is 5.92 Å². The first kappa shape index (κ1) is 12.7. The van der Waals surface area contributed by atoms with E-state index < -0.39 is 0 Å². The van der Waals surface area contributed by atoms with E-state index in [9.17, 15) is 0 Å². The van der Waals surface area contributed by atoms with Crippen LogP contribution in [0.25, 0.3) is 27.3 Å². The molecule has 0 amide bonds. The maximum Gasteiger partial charge on any atom is 0.145 e. The lowest BCUT2D eigenvalue weighted by Crippen LogP contribution is -2.09. The van der Waals surface area contributed by atoms with Crippen molar-refractivity contribution in [1.82, 2.24) is 9.38 Å². The van der Waals surface area contributed by atoms with Crippen LogP contribution in [-0.2, 0) is 5.41 Å². The predicted molar refractivity (Wildman–Crippen MR) is 93.8 cm³/mol. The summed E-state index contributed by atoms with van der Waals surface area (Å²) in [7, 11) is 0. The number of nitrogens with zero attached hydrogens (tertiary/aromatic N) is 2. The maximum absolute atomic E-state index is 4.71. The number of rotatable bonds is 2. The SMILES string of the molecule is CCC1(c2cccc3c4cscc4n4ccnc4c23)CC1C. The van der Waals surface area contributed by atoms with Gasteiger partial charge in [-0.2, -0.15) is 0 Å². The molecule has 3 aromatic heterocycles. The molecule has 22 heavy (non-hydrogen) atoms. The number of hydrogen-bond acceptors (Lipinski definition) is 2. The van der Waals surface area contributed by atoms with Crippen molar-refractivity contribution in [3.05, 3.63) is 46.9 Å². The second kappa shape index (κ2) is 4.11. The molecular formula is C19H18N2S. The van der Waals surface area contributed by atoms with E-state index in [2.05, 4.69) is 53.4 Å². The highest BCUT2D eigenvalue weighted by Crippen LogP contribution is 2.58. The fraction of sp³-hybridized carbons (Fsp3) is 0.316. The normalized spacial score (nSPS) is 24.5. The second-order valence-corrected chi connectivity index (χ2v) is 7.38. The molecule has 3 heterocycles. The third-order valence-corrected chi connectivity index (χ3v) is 6.47. The highest BCUT2D eigenvalue weighted by atomic mass is 32.1. The van der Waals surface area contributed by atoms with Crippen molar-refractivity contribution in [1.29, 1.82) is 0 Å². The number of thiophene rings is 1. The quantitative estimate of drug-likeness (QED) is 0.485. The molecule has 1 aromatic carbocycles. The number of hydrogen-bond donors (Lipinski definition) is 0. The summed E-state index contributed by atoms with van der Waals surface area (Å²) < 4.78 is 2.26. The van der Waals surface area contributed by atoms with Crippen LogP contribution >= 0.6 is 11.3 Å². The zero-order valence-corrected chi connectivity index (χ0v) is 13.7. The van der Waals surface area contributed by atoms with Crippen LogP contribution in [0.5, 0.6) is 0 Å². The van der Waals surface area contributed by atoms with Crippen LogP contribution in [-0.4, -0.2) is 9.38 Å². The first-order valence-corrected chi connectivity index (χ1v) is 8.94. The molecule has 0 bridgehead atoms. The maximum atomic E-state index is 4.71. The zero-order chi connectivity index (χ0) is 14.9. The van der Waals surface area contributed by atoms with Gasteiger partial charge in [0.25, 0.3) is 0 Å². The Morgan fingerprint density at radius 3 is 2.95 bits per heavy atom. The first-order chi connectivity index (χ1) is 10.8. The molecule has 4 aromatic rings. The Morgan fingerprint density at radius 2 is 2.18 bits per heavy atom. The van der Waals surface area contributed by atoms with Gasteiger partial charge in [-0.3, -0.25) is 4.40 Å². The van der Waals surface area contributed by atoms with Gasteiger partial charge in [0.15, 0.2) is 0 Å². The van der Waals surface area contributed by atoms with Gasteiger partial charge in [0.05, 0.1) is 5.52 Å². The first-order valence-electron chi connectivity index (χ1n) is 8.00. The van der Waals surface area contributed by atoms with E-state index in [1.165, 1.54) is 40.1 Å². The van der Waals surface area contributed by atoms with Gasteiger partial charge >= 0.3 is 0 Å². The summed E-state index contributed by atoms with van der Waals surface area (Å²) in [5, 5.41) is 8.58. The van der Waals surface area contributed by atoms with Gasteiger partial charge in [-0.1, -0.05) is 32.0 Å². The van der Waals surface area contributed by atoms with E-state index in [0.717, 1.165) is 11.6 Å². The Kier molecular flexibility index (Phi) is 2.36. The molecule has 2 atom stereocenters. The largest absolute Gasteiger partial charge is 0.298 e. The van der Waals surface area contributed by atoms with E-state index in [1.54, 1.807) is 11.3 Å². The van der Waals surface area contributed by atoms with Crippen molar-refractivity contribution >= 4 is 38.7 Å². The predicted octanol–water partition coefficient (Wildman–Crippen LogP) is 5.39. The Hall–Kier alpha value is -1.87. The van der Waals surface area contributed by atoms with Crippen molar-refractivity contribution in [3.63, 3.8) is 0 Å². The molecule has 2 nitrogen and oxygen atoms in total. The van der Waals surface area contributed by atoms with Gasteiger partial charge < -0.3 is 0 Å². The van der Waals surface area contributed by atoms with Gasteiger partial charge in [-0.25, -0.2) is 4.98 Å². The van der Waals surface area contributed by atoms with Crippen molar-refractivity contribution in [3.8, 4) is 0 Å². The van der Waals surface area contributed by atoms with Gasteiger partial charge in [0, 0.05) is 33.9 Å². The van der Waals surface area contributed by atoms with Crippen LogP contribution < -0.4 is 0 Å². The molecule has 0 saturated heterocycles. The minimum atomic E-state index is 0.357. The van der Waals surface area contributed by atoms with Crippen LogP contribution in [0.2, 0.25) is 0 Å². The number of pyridine rings is 1. The van der Waals surface area contributed by atoms with Gasteiger partial charge in [0.2, 0.25) is 0 Å². The second-order valence-electron chi connectivity index (χ2n) is 6.63. The van der Waals surface area contributed by atoms with Crippen LogP contribution in [0.15, 0.2) is 41.4 Å². The minimum Gasteiger partial charge on any atom is -0.298 e. The number of imidazole rings is 1. The summed E-state index contributed by atoms with van der Waals surface area (Å²) in [6.45, 7) is 4.71. The molecule has 0 aliphatic heterocycles. The topological polar surface area (TPSA) is 17.3 Å². The molecular weight excluding hydrogens is 288 g/mol. The number of aromatic nitrogens is 2. The van der Waals surface area contributed by atoms with Crippen molar-refractivity contribution in [2.45, 2.75) is 32.1 Å². The summed E-state index contributed by atoms with van der Waals surface area (Å²) in [4.78, 5) is 4.71. The summed E-state index contributed by atoms with van der Waals surface area (Å²) in [5.74, 6) is 0.774. The van der Waals surface area contributed by atoms with E-state index in [1.807, 2.05) is 6.20 Å². The summed E-state index contributed by atoms with van der Waals surface area (Å²) >= 11 is 1.77. The Labute approximate surface area is 133 Å². The lowest BCUT2D eigenvalue weighted by atomic mass is 9.87. The summed E-state index contributed by atoms with van der Waals surface area (Å²) in [6, 6.07) is 6.83. The highest BCUT2D eigenvalue weighted by molar-refractivity contribution is 7.09. The molecule has 1 fully saturated rings. The van der Waals surface area contributed by atoms with Crippen molar-refractivity contribution in [2.24, 2.45) is 5.92 Å². The standard InChI is InChI=1S/C19H18N2S/c1-3-19(9-12(19)2)15-6-4-5-13-14-10-22-11-16(14)21-8-7-20-18(21)17(13)15/h4-8,10-12H,3,9H2,1-2H3. The smallest absolute Gasteiger partial charge is 0.145 e. The molecule has 110 valence electrons. The van der Waals surface area contributed by atoms with E-state index in [4.69, 9.17) is 4.98 Å². The lowest BCUT2D eigenvalue weighted by Gasteiger charge is -2.18. The Bertz CT molecular complexity index is 1020. The molecule has 0 spiro atoms. The molecule has 0 N–H and O–H groups in total. The third-order valence-electron chi connectivity index (χ3n) is 5.74. The van der Waals surface area contributed by atoms with Gasteiger partial charge in [-0.15, -0.1) is 11.3 Å². The molecule has 1 aliphatic rings. The molecule has 2 unspecified atom stereocenters. The molecule has 3 heteroatoms. The fourth-order valence-corrected chi connectivity index (χ4v) is 5.16.